The van der Waals surface area contributed by atoms with E-state index in [1.165, 1.54) is 12.7 Å². The van der Waals surface area contributed by atoms with Crippen molar-refractivity contribution in [1.29, 1.82) is 0 Å². The smallest absolute Gasteiger partial charge is 0.242 e. The molecular formula is C14H16BrNO2. The van der Waals surface area contributed by atoms with Crippen LogP contribution in [-0.2, 0) is 11.3 Å². The molecule has 2 rings (SSSR count). The molecular weight excluding hydrogens is 294 g/mol. The molecule has 4 heteroatoms. The largest absolute Gasteiger partial charge is 1.00 e. The Balaban J connectivity index is 0.00000162. The predicted molar refractivity (Wildman–Crippen MR) is 64.1 cm³/mol. The zero-order valence-electron chi connectivity index (χ0n) is 10.2. The van der Waals surface area contributed by atoms with Gasteiger partial charge in [-0.1, -0.05) is 30.3 Å². The summed E-state index contributed by atoms with van der Waals surface area (Å²) in [7, 11) is 1.49. The van der Waals surface area contributed by atoms with Crippen molar-refractivity contribution in [3.05, 3.63) is 66.0 Å². The Bertz CT molecular complexity index is 476. The van der Waals surface area contributed by atoms with E-state index in [9.17, 15) is 5.11 Å². The van der Waals surface area contributed by atoms with Gasteiger partial charge in [0, 0.05) is 24.8 Å². The first-order valence-corrected chi connectivity index (χ1v) is 5.54. The highest BCUT2D eigenvalue weighted by molar-refractivity contribution is 5.13. The van der Waals surface area contributed by atoms with Crippen molar-refractivity contribution >= 4 is 0 Å². The SMILES string of the molecule is COC(O)c1cccc[n+]1Cc1ccccc1.[Br-]. The Labute approximate surface area is 117 Å². The van der Waals surface area contributed by atoms with Gasteiger partial charge in [-0.15, -0.1) is 0 Å². The van der Waals surface area contributed by atoms with E-state index >= 15 is 0 Å². The van der Waals surface area contributed by atoms with Crippen LogP contribution >= 0.6 is 0 Å². The number of methoxy groups -OCH3 is 1. The summed E-state index contributed by atoms with van der Waals surface area (Å²) in [6.07, 6.45) is 1.05. The summed E-state index contributed by atoms with van der Waals surface area (Å²) in [5.41, 5.74) is 1.94. The van der Waals surface area contributed by atoms with Gasteiger partial charge in [0.15, 0.2) is 12.7 Å². The van der Waals surface area contributed by atoms with Gasteiger partial charge in [-0.2, -0.15) is 4.57 Å². The van der Waals surface area contributed by atoms with Crippen LogP contribution in [0.5, 0.6) is 0 Å². The van der Waals surface area contributed by atoms with Gasteiger partial charge >= 0.3 is 0 Å². The number of aliphatic hydroxyl groups is 1. The molecule has 0 saturated carbocycles. The van der Waals surface area contributed by atoms with Crippen molar-refractivity contribution < 1.29 is 31.4 Å². The van der Waals surface area contributed by atoms with Crippen LogP contribution in [0.25, 0.3) is 0 Å². The van der Waals surface area contributed by atoms with Crippen molar-refractivity contribution in [1.82, 2.24) is 0 Å². The Hall–Kier alpha value is -1.23. The van der Waals surface area contributed by atoms with Gasteiger partial charge in [0.25, 0.3) is 0 Å². The van der Waals surface area contributed by atoms with Crippen molar-refractivity contribution in [2.75, 3.05) is 7.11 Å². The number of benzene rings is 1. The van der Waals surface area contributed by atoms with Crippen LogP contribution in [0.2, 0.25) is 0 Å². The quantitative estimate of drug-likeness (QED) is 0.560. The summed E-state index contributed by atoms with van der Waals surface area (Å²) < 4.78 is 6.92. The molecule has 1 aromatic heterocycles. The number of ether oxygens (including phenoxy) is 1. The fourth-order valence-electron chi connectivity index (χ4n) is 1.76. The van der Waals surface area contributed by atoms with E-state index < -0.39 is 6.29 Å². The third-order valence-electron chi connectivity index (χ3n) is 2.65. The van der Waals surface area contributed by atoms with Crippen LogP contribution < -0.4 is 21.5 Å². The Morgan fingerprint density at radius 3 is 2.44 bits per heavy atom. The molecule has 1 unspecified atom stereocenters. The predicted octanol–water partition coefficient (Wildman–Crippen LogP) is -1.34. The molecule has 0 radical (unpaired) electrons. The van der Waals surface area contributed by atoms with E-state index in [4.69, 9.17) is 4.74 Å². The molecule has 0 spiro atoms. The zero-order chi connectivity index (χ0) is 12.1. The molecule has 0 fully saturated rings. The monoisotopic (exact) mass is 309 g/mol. The maximum atomic E-state index is 9.75. The lowest BCUT2D eigenvalue weighted by Gasteiger charge is -2.08. The van der Waals surface area contributed by atoms with Crippen LogP contribution in [0, 0.1) is 0 Å². The minimum atomic E-state index is -0.889. The Morgan fingerprint density at radius 2 is 1.78 bits per heavy atom. The molecule has 0 aliphatic rings. The van der Waals surface area contributed by atoms with E-state index in [-0.39, 0.29) is 17.0 Å². The summed E-state index contributed by atoms with van der Waals surface area (Å²) in [5, 5.41) is 9.75. The third-order valence-corrected chi connectivity index (χ3v) is 2.65. The van der Waals surface area contributed by atoms with Crippen LogP contribution in [0.1, 0.15) is 17.5 Å². The molecule has 18 heavy (non-hydrogen) atoms. The van der Waals surface area contributed by atoms with Crippen LogP contribution in [0.4, 0.5) is 0 Å². The molecule has 2 aromatic rings. The first-order chi connectivity index (χ1) is 8.31. The fraction of sp³-hybridized carbons (Fsp3) is 0.214. The van der Waals surface area contributed by atoms with Gasteiger partial charge < -0.3 is 26.8 Å². The average molecular weight is 310 g/mol. The highest BCUT2D eigenvalue weighted by atomic mass is 79.9. The van der Waals surface area contributed by atoms with Crippen molar-refractivity contribution in [3.8, 4) is 0 Å². The van der Waals surface area contributed by atoms with Gasteiger partial charge in [-0.05, 0) is 6.07 Å². The number of hydrogen-bond donors (Lipinski definition) is 1. The maximum absolute atomic E-state index is 9.75. The zero-order valence-corrected chi connectivity index (χ0v) is 11.7. The summed E-state index contributed by atoms with van der Waals surface area (Å²) >= 11 is 0. The Kier molecular flexibility index (Phi) is 5.98. The van der Waals surface area contributed by atoms with Crippen molar-refractivity contribution in [2.45, 2.75) is 12.8 Å². The van der Waals surface area contributed by atoms with Crippen LogP contribution in [0.15, 0.2) is 54.7 Å². The lowest BCUT2D eigenvalue weighted by Crippen LogP contribution is -3.00. The number of rotatable bonds is 4. The van der Waals surface area contributed by atoms with Crippen LogP contribution in [0.3, 0.4) is 0 Å². The molecule has 3 nitrogen and oxygen atoms in total. The number of hydrogen-bond acceptors (Lipinski definition) is 2. The molecule has 1 aromatic carbocycles. The summed E-state index contributed by atoms with van der Waals surface area (Å²) in [5.74, 6) is 0. The van der Waals surface area contributed by atoms with E-state index in [0.717, 1.165) is 12.2 Å². The topological polar surface area (TPSA) is 33.3 Å². The number of pyridine rings is 1. The van der Waals surface area contributed by atoms with Gasteiger partial charge in [-0.25, -0.2) is 0 Å². The molecule has 0 amide bonds. The standard InChI is InChI=1S/C14H16NO2.BrH/c1-17-14(16)13-9-5-6-10-15(13)11-12-7-3-2-4-8-12;/h2-10,14,16H,11H2,1H3;1H/q+1;/p-1. The highest BCUT2D eigenvalue weighted by Crippen LogP contribution is 2.08. The summed E-state index contributed by atoms with van der Waals surface area (Å²) in [6, 6.07) is 15.8. The molecule has 0 saturated heterocycles. The minimum absolute atomic E-state index is 0. The molecule has 0 aliphatic heterocycles. The third kappa shape index (κ3) is 3.63. The summed E-state index contributed by atoms with van der Waals surface area (Å²) in [4.78, 5) is 0. The summed E-state index contributed by atoms with van der Waals surface area (Å²) in [6.45, 7) is 0.720. The van der Waals surface area contributed by atoms with E-state index in [2.05, 4.69) is 12.1 Å². The lowest BCUT2D eigenvalue weighted by atomic mass is 10.2. The van der Waals surface area contributed by atoms with Gasteiger partial charge in [0.2, 0.25) is 12.0 Å². The van der Waals surface area contributed by atoms with E-state index in [1.54, 1.807) is 0 Å². The average Bonchev–Trinajstić information content (AvgIpc) is 2.40. The van der Waals surface area contributed by atoms with Gasteiger partial charge in [0.05, 0.1) is 0 Å². The fourth-order valence-corrected chi connectivity index (χ4v) is 1.76. The maximum Gasteiger partial charge on any atom is 0.242 e. The Morgan fingerprint density at radius 1 is 1.11 bits per heavy atom. The van der Waals surface area contributed by atoms with E-state index in [0.29, 0.717) is 0 Å². The van der Waals surface area contributed by atoms with Gasteiger partial charge in [0.1, 0.15) is 0 Å². The lowest BCUT2D eigenvalue weighted by molar-refractivity contribution is -0.702. The number of nitrogens with zero attached hydrogens (tertiary/aromatic N) is 1. The minimum Gasteiger partial charge on any atom is -1.00 e. The number of aliphatic hydroxyl groups excluding tert-OH is 1. The second-order valence-electron chi connectivity index (χ2n) is 3.83. The molecule has 1 atom stereocenters. The van der Waals surface area contributed by atoms with E-state index in [1.807, 2.05) is 47.2 Å². The highest BCUT2D eigenvalue weighted by Gasteiger charge is 2.18. The molecule has 96 valence electrons. The van der Waals surface area contributed by atoms with Crippen molar-refractivity contribution in [3.63, 3.8) is 0 Å². The molecule has 0 aliphatic carbocycles. The first-order valence-electron chi connectivity index (χ1n) is 5.54. The van der Waals surface area contributed by atoms with Gasteiger partial charge in [-0.3, -0.25) is 0 Å². The molecule has 0 bridgehead atoms. The number of halogens is 1. The second kappa shape index (κ2) is 7.26. The van der Waals surface area contributed by atoms with Crippen molar-refractivity contribution in [2.24, 2.45) is 0 Å². The first kappa shape index (κ1) is 14.8. The second-order valence-corrected chi connectivity index (χ2v) is 3.83. The molecule has 1 N–H and O–H groups in total. The number of aromatic nitrogens is 1. The normalized spacial score (nSPS) is 11.7. The van der Waals surface area contributed by atoms with Crippen LogP contribution in [-0.4, -0.2) is 12.2 Å². The molecule has 1 heterocycles.